The van der Waals surface area contributed by atoms with Gasteiger partial charge < -0.3 is 20.5 Å². The van der Waals surface area contributed by atoms with Gasteiger partial charge >= 0.3 is 11.9 Å². The third-order valence-electron chi connectivity index (χ3n) is 2.98. The van der Waals surface area contributed by atoms with Crippen LogP contribution < -0.4 is 10.6 Å². The van der Waals surface area contributed by atoms with Gasteiger partial charge in [0.15, 0.2) is 0 Å². The number of benzene rings is 2. The second-order valence-corrected chi connectivity index (χ2v) is 4.80. The Balaban J connectivity index is 0.000000231. The first kappa shape index (κ1) is 18.0. The van der Waals surface area contributed by atoms with Gasteiger partial charge in [0.05, 0.1) is 23.9 Å². The zero-order valence-electron chi connectivity index (χ0n) is 13.3. The molecule has 0 saturated heterocycles. The second kappa shape index (κ2) is 8.43. The molecule has 0 aliphatic heterocycles. The number of para-hydroxylation sites is 2. The summed E-state index contributed by atoms with van der Waals surface area (Å²) < 4.78 is 4.50. The summed E-state index contributed by atoms with van der Waals surface area (Å²) in [4.78, 5) is 23.4. The summed E-state index contributed by atoms with van der Waals surface area (Å²) >= 11 is 0. The van der Waals surface area contributed by atoms with Crippen molar-refractivity contribution in [2.24, 2.45) is 0 Å². The normalized spacial score (nSPS) is 9.35. The van der Waals surface area contributed by atoms with E-state index in [1.807, 2.05) is 20.2 Å². The molecule has 0 aromatic heterocycles. The number of anilines is 2. The molecule has 2 aromatic rings. The molecule has 2 rings (SSSR count). The zero-order valence-corrected chi connectivity index (χ0v) is 13.3. The standard InChI is InChI=1S/C9H11NO2.C8H9NO2/c1-10(2)8-6-4-3-5-7(8)9(11)12;1-11-8(10)6-4-2-3-5-7(6)9/h3-6H,1-2H3,(H,11,12);2-5H,9H2,1H3. The van der Waals surface area contributed by atoms with Crippen molar-refractivity contribution in [1.29, 1.82) is 0 Å². The Morgan fingerprint density at radius 2 is 1.52 bits per heavy atom. The molecule has 0 saturated carbocycles. The summed E-state index contributed by atoms with van der Waals surface area (Å²) in [5, 5.41) is 8.79. The molecule has 0 spiro atoms. The van der Waals surface area contributed by atoms with Gasteiger partial charge in [-0.15, -0.1) is 0 Å². The first-order valence-corrected chi connectivity index (χ1v) is 6.81. The Morgan fingerprint density at radius 1 is 1.00 bits per heavy atom. The number of hydrogen-bond acceptors (Lipinski definition) is 5. The van der Waals surface area contributed by atoms with Gasteiger partial charge in [-0.2, -0.15) is 0 Å². The number of nitrogens with two attached hydrogens (primary N) is 1. The third kappa shape index (κ3) is 5.03. The fraction of sp³-hybridized carbons (Fsp3) is 0.176. The molecule has 0 bridgehead atoms. The topological polar surface area (TPSA) is 92.9 Å². The van der Waals surface area contributed by atoms with E-state index in [2.05, 4.69) is 4.74 Å². The number of aromatic carboxylic acids is 1. The lowest BCUT2D eigenvalue weighted by Gasteiger charge is -2.14. The summed E-state index contributed by atoms with van der Waals surface area (Å²) in [7, 11) is 4.97. The summed E-state index contributed by atoms with van der Waals surface area (Å²) in [6.45, 7) is 0. The smallest absolute Gasteiger partial charge is 0.339 e. The quantitative estimate of drug-likeness (QED) is 0.667. The van der Waals surface area contributed by atoms with Gasteiger partial charge in [-0.25, -0.2) is 9.59 Å². The number of carboxylic acid groups (broad SMARTS) is 1. The molecule has 6 heteroatoms. The zero-order chi connectivity index (χ0) is 17.4. The van der Waals surface area contributed by atoms with Crippen LogP contribution in [0.3, 0.4) is 0 Å². The first-order valence-electron chi connectivity index (χ1n) is 6.81. The molecule has 2 aromatic carbocycles. The highest BCUT2D eigenvalue weighted by atomic mass is 16.5. The lowest BCUT2D eigenvalue weighted by molar-refractivity contribution is 0.0601. The van der Waals surface area contributed by atoms with Crippen LogP contribution in [0, 0.1) is 0 Å². The van der Waals surface area contributed by atoms with Gasteiger partial charge in [-0.05, 0) is 24.3 Å². The number of rotatable bonds is 3. The van der Waals surface area contributed by atoms with Gasteiger partial charge in [0.2, 0.25) is 0 Å². The number of nitrogen functional groups attached to an aromatic ring is 1. The minimum Gasteiger partial charge on any atom is -0.478 e. The highest BCUT2D eigenvalue weighted by Crippen LogP contribution is 2.17. The van der Waals surface area contributed by atoms with E-state index < -0.39 is 11.9 Å². The van der Waals surface area contributed by atoms with Gasteiger partial charge in [-0.3, -0.25) is 0 Å². The number of carbonyl (C=O) groups is 2. The van der Waals surface area contributed by atoms with E-state index in [0.29, 0.717) is 16.8 Å². The molecule has 0 atom stereocenters. The number of ether oxygens (including phenoxy) is 1. The van der Waals surface area contributed by atoms with Crippen molar-refractivity contribution in [3.05, 3.63) is 59.7 Å². The predicted octanol–water partition coefficient (Wildman–Crippen LogP) is 2.51. The fourth-order valence-corrected chi connectivity index (χ4v) is 1.84. The molecule has 0 aliphatic rings. The van der Waals surface area contributed by atoms with E-state index in [-0.39, 0.29) is 0 Å². The van der Waals surface area contributed by atoms with E-state index in [1.165, 1.54) is 7.11 Å². The molecule has 122 valence electrons. The molecule has 0 radical (unpaired) electrons. The summed E-state index contributed by atoms with van der Waals surface area (Å²) in [5.41, 5.74) is 7.41. The van der Waals surface area contributed by atoms with E-state index in [4.69, 9.17) is 10.8 Å². The van der Waals surface area contributed by atoms with E-state index in [1.54, 1.807) is 47.4 Å². The van der Waals surface area contributed by atoms with Gasteiger partial charge in [-0.1, -0.05) is 24.3 Å². The molecule has 6 nitrogen and oxygen atoms in total. The molecular weight excluding hydrogens is 296 g/mol. The van der Waals surface area contributed by atoms with Crippen molar-refractivity contribution in [3.8, 4) is 0 Å². The Bertz CT molecular complexity index is 684. The maximum Gasteiger partial charge on any atom is 0.339 e. The Kier molecular flexibility index (Phi) is 6.61. The largest absolute Gasteiger partial charge is 0.478 e. The van der Waals surface area contributed by atoms with Crippen LogP contribution in [-0.4, -0.2) is 38.3 Å². The highest BCUT2D eigenvalue weighted by Gasteiger charge is 2.09. The molecule has 0 fully saturated rings. The Labute approximate surface area is 135 Å². The number of hydrogen-bond donors (Lipinski definition) is 2. The maximum atomic E-state index is 10.9. The Morgan fingerprint density at radius 3 is 1.96 bits per heavy atom. The van der Waals surface area contributed by atoms with Gasteiger partial charge in [0.25, 0.3) is 0 Å². The van der Waals surface area contributed by atoms with Crippen LogP contribution in [-0.2, 0) is 4.74 Å². The molecule has 3 N–H and O–H groups in total. The summed E-state index contributed by atoms with van der Waals surface area (Å²) in [6.07, 6.45) is 0. The summed E-state index contributed by atoms with van der Waals surface area (Å²) in [5.74, 6) is -1.29. The molecule has 0 heterocycles. The molecule has 23 heavy (non-hydrogen) atoms. The highest BCUT2D eigenvalue weighted by molar-refractivity contribution is 5.95. The molecule has 0 unspecified atom stereocenters. The van der Waals surface area contributed by atoms with Gasteiger partial charge in [0.1, 0.15) is 0 Å². The van der Waals surface area contributed by atoms with E-state index >= 15 is 0 Å². The van der Waals surface area contributed by atoms with Crippen LogP contribution in [0.4, 0.5) is 11.4 Å². The molecular formula is C17H20N2O4. The van der Waals surface area contributed by atoms with Gasteiger partial charge in [0, 0.05) is 19.8 Å². The van der Waals surface area contributed by atoms with Crippen LogP contribution in [0.15, 0.2) is 48.5 Å². The lowest BCUT2D eigenvalue weighted by atomic mass is 10.2. The molecule has 0 aliphatic carbocycles. The second-order valence-electron chi connectivity index (χ2n) is 4.80. The van der Waals surface area contributed by atoms with Crippen LogP contribution >= 0.6 is 0 Å². The number of carboxylic acids is 1. The minimum atomic E-state index is -0.890. The van der Waals surface area contributed by atoms with Crippen molar-refractivity contribution < 1.29 is 19.4 Å². The third-order valence-corrected chi connectivity index (χ3v) is 2.98. The van der Waals surface area contributed by atoms with Crippen molar-refractivity contribution >= 4 is 23.3 Å². The van der Waals surface area contributed by atoms with Crippen molar-refractivity contribution in [2.75, 3.05) is 31.8 Å². The summed E-state index contributed by atoms with van der Waals surface area (Å²) in [6, 6.07) is 13.7. The number of methoxy groups -OCH3 is 1. The number of esters is 1. The van der Waals surface area contributed by atoms with Crippen LogP contribution in [0.1, 0.15) is 20.7 Å². The SMILES string of the molecule is CN(C)c1ccccc1C(=O)O.COC(=O)c1ccccc1N. The van der Waals surface area contributed by atoms with E-state index in [9.17, 15) is 9.59 Å². The van der Waals surface area contributed by atoms with E-state index in [0.717, 1.165) is 5.69 Å². The maximum absolute atomic E-state index is 10.9. The van der Waals surface area contributed by atoms with Crippen LogP contribution in [0.25, 0.3) is 0 Å². The van der Waals surface area contributed by atoms with Crippen molar-refractivity contribution in [2.45, 2.75) is 0 Å². The van der Waals surface area contributed by atoms with Crippen LogP contribution in [0.2, 0.25) is 0 Å². The van der Waals surface area contributed by atoms with Crippen molar-refractivity contribution in [3.63, 3.8) is 0 Å². The number of carbonyl (C=O) groups excluding carboxylic acids is 1. The van der Waals surface area contributed by atoms with Crippen molar-refractivity contribution in [1.82, 2.24) is 0 Å². The average Bonchev–Trinajstić information content (AvgIpc) is 2.55. The molecule has 0 amide bonds. The minimum absolute atomic E-state index is 0.336. The number of nitrogens with zero attached hydrogens (tertiary/aromatic N) is 1. The average molecular weight is 316 g/mol. The lowest BCUT2D eigenvalue weighted by Crippen LogP contribution is -2.13. The monoisotopic (exact) mass is 316 g/mol. The fourth-order valence-electron chi connectivity index (χ4n) is 1.84. The first-order chi connectivity index (χ1) is 10.9. The van der Waals surface area contributed by atoms with Crippen LogP contribution in [0.5, 0.6) is 0 Å². The Hall–Kier alpha value is -3.02. The predicted molar refractivity (Wildman–Crippen MR) is 89.9 cm³/mol.